The number of nitrogens with zero attached hydrogens (tertiary/aromatic N) is 2. The summed E-state index contributed by atoms with van der Waals surface area (Å²) in [6, 6.07) is 16.5. The summed E-state index contributed by atoms with van der Waals surface area (Å²) in [5.41, 5.74) is -0.172. The molecule has 1 N–H and O–H groups in total. The van der Waals surface area contributed by atoms with Crippen LogP contribution in [0.3, 0.4) is 0 Å². The highest BCUT2D eigenvalue weighted by atomic mass is 16.5. The lowest BCUT2D eigenvalue weighted by Gasteiger charge is -2.43. The number of carbonyl (C=O) groups is 2. The van der Waals surface area contributed by atoms with Crippen LogP contribution in [-0.4, -0.2) is 49.1 Å². The molecule has 1 aliphatic heterocycles. The van der Waals surface area contributed by atoms with Gasteiger partial charge in [-0.05, 0) is 23.3 Å². The zero-order chi connectivity index (χ0) is 21.4. The van der Waals surface area contributed by atoms with Gasteiger partial charge in [-0.1, -0.05) is 63.2 Å². The molecule has 2 aromatic carbocycles. The van der Waals surface area contributed by atoms with Crippen LogP contribution < -0.4 is 10.1 Å². The quantitative estimate of drug-likeness (QED) is 0.866. The maximum Gasteiger partial charge on any atom is 0.320 e. The van der Waals surface area contributed by atoms with Gasteiger partial charge in [0.25, 0.3) is 5.91 Å². The Labute approximate surface area is 172 Å². The monoisotopic (exact) mass is 395 g/mol. The van der Waals surface area contributed by atoms with E-state index in [2.05, 4.69) is 5.32 Å². The van der Waals surface area contributed by atoms with Gasteiger partial charge >= 0.3 is 6.03 Å². The van der Waals surface area contributed by atoms with Crippen molar-refractivity contribution >= 4 is 11.9 Å². The number of ether oxygens (including phenoxy) is 1. The minimum absolute atomic E-state index is 0.141. The van der Waals surface area contributed by atoms with Crippen molar-refractivity contribution in [2.45, 2.75) is 32.5 Å². The summed E-state index contributed by atoms with van der Waals surface area (Å²) in [6.07, 6.45) is -0.433. The lowest BCUT2D eigenvalue weighted by molar-refractivity contribution is -0.132. The zero-order valence-electron chi connectivity index (χ0n) is 17.9. The van der Waals surface area contributed by atoms with Gasteiger partial charge in [0.15, 0.2) is 5.54 Å². The second kappa shape index (κ2) is 7.43. The van der Waals surface area contributed by atoms with Crippen LogP contribution >= 0.6 is 0 Å². The highest BCUT2D eigenvalue weighted by Crippen LogP contribution is 2.48. The Morgan fingerprint density at radius 2 is 1.59 bits per heavy atom. The van der Waals surface area contributed by atoms with Crippen LogP contribution in [0.4, 0.5) is 4.79 Å². The third-order valence-corrected chi connectivity index (χ3v) is 5.51. The normalized spacial score (nSPS) is 22.0. The van der Waals surface area contributed by atoms with E-state index in [-0.39, 0.29) is 17.4 Å². The van der Waals surface area contributed by atoms with Crippen molar-refractivity contribution in [2.75, 3.05) is 21.2 Å². The first-order valence-electron chi connectivity index (χ1n) is 9.68. The lowest BCUT2D eigenvalue weighted by Crippen LogP contribution is -2.57. The number of nitrogens with one attached hydrogen (secondary N) is 1. The first-order valence-corrected chi connectivity index (χ1v) is 9.68. The molecular formula is C23H29N3O3. The molecule has 3 amide bonds. The molecule has 1 saturated heterocycles. The van der Waals surface area contributed by atoms with Crippen LogP contribution in [0.1, 0.15) is 31.9 Å². The van der Waals surface area contributed by atoms with Gasteiger partial charge in [-0.3, -0.25) is 9.69 Å². The number of benzene rings is 2. The highest BCUT2D eigenvalue weighted by Gasteiger charge is 2.62. The fraction of sp³-hybridized carbons (Fsp3) is 0.391. The van der Waals surface area contributed by atoms with E-state index >= 15 is 0 Å². The largest absolute Gasteiger partial charge is 0.497 e. The number of likely N-dealkylation sites (N-methyl/N-ethyl adjacent to an activating group) is 1. The Morgan fingerprint density at radius 3 is 2.07 bits per heavy atom. The molecule has 29 heavy (non-hydrogen) atoms. The summed E-state index contributed by atoms with van der Waals surface area (Å²) >= 11 is 0. The van der Waals surface area contributed by atoms with Gasteiger partial charge in [-0.2, -0.15) is 0 Å². The summed E-state index contributed by atoms with van der Waals surface area (Å²) in [6.45, 7) is 6.10. The SMILES string of the molecule is CNC(=O)N1C(C(C)(C)C)N(C)C(=O)C1(c1ccccc1)c1ccc(OC)cc1. The molecule has 6 nitrogen and oxygen atoms in total. The van der Waals surface area contributed by atoms with Crippen molar-refractivity contribution < 1.29 is 14.3 Å². The van der Waals surface area contributed by atoms with E-state index in [1.54, 1.807) is 31.0 Å². The van der Waals surface area contributed by atoms with Crippen LogP contribution in [0, 0.1) is 5.41 Å². The maximum atomic E-state index is 13.9. The van der Waals surface area contributed by atoms with Crippen molar-refractivity contribution in [3.05, 3.63) is 65.7 Å². The van der Waals surface area contributed by atoms with Crippen molar-refractivity contribution in [3.63, 3.8) is 0 Å². The second-order valence-electron chi connectivity index (χ2n) is 8.39. The lowest BCUT2D eigenvalue weighted by atomic mass is 9.80. The standard InChI is InChI=1S/C23H29N3O3/c1-22(2,3)19-25(5)20(27)23(26(19)21(28)24-4,16-10-8-7-9-11-16)17-12-14-18(29-6)15-13-17/h7-15,19H,1-6H3,(H,24,28). The molecule has 0 aromatic heterocycles. The molecule has 1 heterocycles. The van der Waals surface area contributed by atoms with E-state index in [9.17, 15) is 9.59 Å². The van der Waals surface area contributed by atoms with E-state index in [1.807, 2.05) is 75.4 Å². The Balaban J connectivity index is 2.38. The number of urea groups is 1. The van der Waals surface area contributed by atoms with Gasteiger partial charge in [-0.25, -0.2) is 4.79 Å². The number of amides is 3. The summed E-state index contributed by atoms with van der Waals surface area (Å²) < 4.78 is 5.30. The minimum Gasteiger partial charge on any atom is -0.497 e. The highest BCUT2D eigenvalue weighted by molar-refractivity contribution is 5.98. The number of hydrogen-bond acceptors (Lipinski definition) is 3. The minimum atomic E-state index is -1.28. The summed E-state index contributed by atoms with van der Waals surface area (Å²) in [4.78, 5) is 30.6. The Kier molecular flexibility index (Phi) is 5.30. The molecule has 2 aromatic rings. The van der Waals surface area contributed by atoms with Crippen LogP contribution in [0.2, 0.25) is 0 Å². The fourth-order valence-corrected chi connectivity index (χ4v) is 4.38. The number of carbonyl (C=O) groups excluding carboxylic acids is 2. The van der Waals surface area contributed by atoms with Crippen molar-refractivity contribution in [1.29, 1.82) is 0 Å². The van der Waals surface area contributed by atoms with Crippen LogP contribution in [0.25, 0.3) is 0 Å². The molecule has 0 radical (unpaired) electrons. The predicted molar refractivity (Wildman–Crippen MR) is 113 cm³/mol. The third-order valence-electron chi connectivity index (χ3n) is 5.51. The van der Waals surface area contributed by atoms with Crippen molar-refractivity contribution in [1.82, 2.24) is 15.1 Å². The Bertz CT molecular complexity index is 890. The molecule has 2 unspecified atom stereocenters. The molecule has 1 aliphatic rings. The number of hydrogen-bond donors (Lipinski definition) is 1. The maximum absolute atomic E-state index is 13.9. The van der Waals surface area contributed by atoms with Gasteiger partial charge < -0.3 is 15.0 Å². The molecule has 6 heteroatoms. The van der Waals surface area contributed by atoms with Gasteiger partial charge in [0, 0.05) is 19.5 Å². The van der Waals surface area contributed by atoms with E-state index in [1.165, 1.54) is 0 Å². The molecule has 1 fully saturated rings. The first kappa shape index (κ1) is 20.7. The fourth-order valence-electron chi connectivity index (χ4n) is 4.38. The molecule has 0 bridgehead atoms. The first-order chi connectivity index (χ1) is 13.7. The van der Waals surface area contributed by atoms with Gasteiger partial charge in [0.05, 0.1) is 7.11 Å². The van der Waals surface area contributed by atoms with Gasteiger partial charge in [-0.15, -0.1) is 0 Å². The predicted octanol–water partition coefficient (Wildman–Crippen LogP) is 3.42. The van der Waals surface area contributed by atoms with Gasteiger partial charge in [0.2, 0.25) is 0 Å². The van der Waals surface area contributed by atoms with E-state index < -0.39 is 11.7 Å². The van der Waals surface area contributed by atoms with E-state index in [0.717, 1.165) is 11.1 Å². The third kappa shape index (κ3) is 3.12. The number of methoxy groups -OCH3 is 1. The number of rotatable bonds is 3. The van der Waals surface area contributed by atoms with Crippen LogP contribution in [-0.2, 0) is 10.3 Å². The van der Waals surface area contributed by atoms with E-state index in [4.69, 9.17) is 4.74 Å². The molecule has 0 spiro atoms. The zero-order valence-corrected chi connectivity index (χ0v) is 17.9. The van der Waals surface area contributed by atoms with Crippen molar-refractivity contribution in [2.24, 2.45) is 5.41 Å². The Morgan fingerprint density at radius 1 is 1.03 bits per heavy atom. The molecule has 0 aliphatic carbocycles. The smallest absolute Gasteiger partial charge is 0.320 e. The summed E-state index contributed by atoms with van der Waals surface area (Å²) in [5, 5.41) is 2.75. The van der Waals surface area contributed by atoms with Crippen molar-refractivity contribution in [3.8, 4) is 5.75 Å². The topological polar surface area (TPSA) is 61.9 Å². The molecular weight excluding hydrogens is 366 g/mol. The Hall–Kier alpha value is -3.02. The summed E-state index contributed by atoms with van der Waals surface area (Å²) in [5.74, 6) is 0.548. The van der Waals surface area contributed by atoms with Crippen LogP contribution in [0.5, 0.6) is 5.75 Å². The molecule has 3 rings (SSSR count). The average Bonchev–Trinajstić information content (AvgIpc) is 2.96. The van der Waals surface area contributed by atoms with E-state index in [0.29, 0.717) is 5.75 Å². The van der Waals surface area contributed by atoms with Gasteiger partial charge in [0.1, 0.15) is 11.9 Å². The summed E-state index contributed by atoms with van der Waals surface area (Å²) in [7, 11) is 4.96. The van der Waals surface area contributed by atoms with Crippen LogP contribution in [0.15, 0.2) is 54.6 Å². The average molecular weight is 396 g/mol. The molecule has 0 saturated carbocycles. The molecule has 2 atom stereocenters. The molecule has 154 valence electrons. The second-order valence-corrected chi connectivity index (χ2v) is 8.39.